The number of aromatic carboxylic acids is 1. The average molecular weight is 344 g/mol. The van der Waals surface area contributed by atoms with E-state index in [1.54, 1.807) is 47.4 Å². The first kappa shape index (κ1) is 16.6. The Balaban J connectivity index is 1.79. The van der Waals surface area contributed by atoms with E-state index in [9.17, 15) is 13.6 Å². The summed E-state index contributed by atoms with van der Waals surface area (Å²) >= 11 is 0. The number of carbonyl (C=O) groups is 1. The molecule has 0 radical (unpaired) electrons. The second kappa shape index (κ2) is 7.12. The molecule has 0 fully saturated rings. The van der Waals surface area contributed by atoms with Gasteiger partial charge in [-0.1, -0.05) is 18.2 Å². The molecule has 25 heavy (non-hydrogen) atoms. The summed E-state index contributed by atoms with van der Waals surface area (Å²) in [6, 6.07) is 12.9. The van der Waals surface area contributed by atoms with Gasteiger partial charge in [-0.2, -0.15) is 13.9 Å². The molecule has 0 bridgehead atoms. The Morgan fingerprint density at radius 3 is 2.56 bits per heavy atom. The number of halogens is 2. The smallest absolute Gasteiger partial charge is 0.387 e. The molecule has 0 amide bonds. The van der Waals surface area contributed by atoms with Crippen molar-refractivity contribution < 1.29 is 23.4 Å². The van der Waals surface area contributed by atoms with Crippen molar-refractivity contribution in [3.8, 4) is 11.4 Å². The fourth-order valence-corrected chi connectivity index (χ4v) is 2.43. The van der Waals surface area contributed by atoms with Gasteiger partial charge in [0.1, 0.15) is 5.75 Å². The molecular formula is C18H14F2N2O3. The normalized spacial score (nSPS) is 10.8. The van der Waals surface area contributed by atoms with Gasteiger partial charge in [0, 0.05) is 12.6 Å². The lowest BCUT2D eigenvalue weighted by Crippen LogP contribution is -2.04. The second-order valence-electron chi connectivity index (χ2n) is 5.31. The number of aromatic nitrogens is 2. The lowest BCUT2D eigenvalue weighted by atomic mass is 10.1. The van der Waals surface area contributed by atoms with Crippen molar-refractivity contribution in [3.63, 3.8) is 0 Å². The molecule has 1 N–H and O–H groups in total. The highest BCUT2D eigenvalue weighted by Gasteiger charge is 2.11. The van der Waals surface area contributed by atoms with Crippen LogP contribution in [0.15, 0.2) is 60.9 Å². The maximum atomic E-state index is 12.5. The molecule has 0 aliphatic rings. The molecule has 7 heteroatoms. The SMILES string of the molecule is O=C(O)c1ccc(-n2cc(Cc3ccccc3OC(F)F)cn2)cc1. The van der Waals surface area contributed by atoms with E-state index in [-0.39, 0.29) is 11.3 Å². The number of carboxylic acids is 1. The number of ether oxygens (including phenoxy) is 1. The summed E-state index contributed by atoms with van der Waals surface area (Å²) in [5.41, 5.74) is 2.33. The van der Waals surface area contributed by atoms with Crippen LogP contribution in [-0.4, -0.2) is 27.5 Å². The van der Waals surface area contributed by atoms with Crippen LogP contribution in [0.25, 0.3) is 5.69 Å². The van der Waals surface area contributed by atoms with Gasteiger partial charge in [-0.3, -0.25) is 0 Å². The minimum Gasteiger partial charge on any atom is -0.478 e. The van der Waals surface area contributed by atoms with Gasteiger partial charge in [0.25, 0.3) is 0 Å². The summed E-state index contributed by atoms with van der Waals surface area (Å²) in [6.07, 6.45) is 3.77. The maximum Gasteiger partial charge on any atom is 0.387 e. The quantitative estimate of drug-likeness (QED) is 0.739. The van der Waals surface area contributed by atoms with E-state index in [4.69, 9.17) is 5.11 Å². The third-order valence-corrected chi connectivity index (χ3v) is 3.60. The molecule has 3 rings (SSSR count). The predicted molar refractivity (Wildman–Crippen MR) is 86.4 cm³/mol. The molecule has 128 valence electrons. The number of hydrogen-bond acceptors (Lipinski definition) is 3. The molecule has 0 saturated heterocycles. The van der Waals surface area contributed by atoms with Crippen LogP contribution >= 0.6 is 0 Å². The summed E-state index contributed by atoms with van der Waals surface area (Å²) in [5.74, 6) is -0.862. The van der Waals surface area contributed by atoms with Gasteiger partial charge in [0.2, 0.25) is 0 Å². The van der Waals surface area contributed by atoms with Crippen molar-refractivity contribution in [2.24, 2.45) is 0 Å². The minimum absolute atomic E-state index is 0.135. The van der Waals surface area contributed by atoms with Crippen molar-refractivity contribution in [1.82, 2.24) is 9.78 Å². The third kappa shape index (κ3) is 4.00. The number of hydrogen-bond donors (Lipinski definition) is 1. The lowest BCUT2D eigenvalue weighted by molar-refractivity contribution is -0.0503. The highest BCUT2D eigenvalue weighted by molar-refractivity contribution is 5.87. The van der Waals surface area contributed by atoms with E-state index >= 15 is 0 Å². The van der Waals surface area contributed by atoms with Gasteiger partial charge in [-0.15, -0.1) is 0 Å². The number of para-hydroxylation sites is 1. The van der Waals surface area contributed by atoms with E-state index in [0.29, 0.717) is 17.7 Å². The number of nitrogens with zero attached hydrogens (tertiary/aromatic N) is 2. The summed E-state index contributed by atoms with van der Waals surface area (Å²) in [5, 5.41) is 13.1. The second-order valence-corrected chi connectivity index (χ2v) is 5.31. The fourth-order valence-electron chi connectivity index (χ4n) is 2.43. The van der Waals surface area contributed by atoms with Crippen LogP contribution in [0.1, 0.15) is 21.5 Å². The predicted octanol–water partition coefficient (Wildman–Crippen LogP) is 3.76. The molecule has 5 nitrogen and oxygen atoms in total. The van der Waals surface area contributed by atoms with E-state index in [1.807, 2.05) is 0 Å². The molecule has 0 atom stereocenters. The summed E-state index contributed by atoms with van der Waals surface area (Å²) in [6.45, 7) is -2.88. The van der Waals surface area contributed by atoms with Gasteiger partial charge in [0.05, 0.1) is 17.4 Å². The van der Waals surface area contributed by atoms with Gasteiger partial charge in [-0.25, -0.2) is 9.48 Å². The van der Waals surface area contributed by atoms with Crippen LogP contribution in [0.5, 0.6) is 5.75 Å². The lowest BCUT2D eigenvalue weighted by Gasteiger charge is -2.09. The molecule has 2 aromatic carbocycles. The Kier molecular flexibility index (Phi) is 4.74. The van der Waals surface area contributed by atoms with Crippen molar-refractivity contribution in [1.29, 1.82) is 0 Å². The minimum atomic E-state index is -2.88. The largest absolute Gasteiger partial charge is 0.478 e. The Bertz CT molecular complexity index is 876. The zero-order chi connectivity index (χ0) is 17.8. The molecule has 0 spiro atoms. The number of alkyl halides is 2. The Hall–Kier alpha value is -3.22. The van der Waals surface area contributed by atoms with E-state index < -0.39 is 12.6 Å². The Morgan fingerprint density at radius 2 is 1.88 bits per heavy atom. The van der Waals surface area contributed by atoms with E-state index in [2.05, 4.69) is 9.84 Å². The standard InChI is InChI=1S/C18H14F2N2O3/c19-18(20)25-16-4-2-1-3-14(16)9-12-10-21-22(11-12)15-7-5-13(6-8-15)17(23)24/h1-8,10-11,18H,9H2,(H,23,24). The third-order valence-electron chi connectivity index (χ3n) is 3.60. The first-order chi connectivity index (χ1) is 12.0. The van der Waals surface area contributed by atoms with E-state index in [1.165, 1.54) is 18.2 Å². The molecule has 1 heterocycles. The summed E-state index contributed by atoms with van der Waals surface area (Å²) in [4.78, 5) is 10.9. The van der Waals surface area contributed by atoms with Gasteiger partial charge in [0.15, 0.2) is 0 Å². The van der Waals surface area contributed by atoms with E-state index in [0.717, 1.165) is 5.56 Å². The summed E-state index contributed by atoms with van der Waals surface area (Å²) < 4.78 is 31.1. The fraction of sp³-hybridized carbons (Fsp3) is 0.111. The highest BCUT2D eigenvalue weighted by Crippen LogP contribution is 2.23. The topological polar surface area (TPSA) is 64.3 Å². The molecular weight excluding hydrogens is 330 g/mol. The molecule has 0 aliphatic heterocycles. The van der Waals surface area contributed by atoms with Crippen LogP contribution < -0.4 is 4.74 Å². The molecule has 3 aromatic rings. The first-order valence-corrected chi connectivity index (χ1v) is 7.43. The zero-order valence-corrected chi connectivity index (χ0v) is 13.0. The molecule has 0 aliphatic carbocycles. The van der Waals surface area contributed by atoms with Crippen molar-refractivity contribution in [3.05, 3.63) is 77.6 Å². The van der Waals surface area contributed by atoms with Crippen LogP contribution in [0.4, 0.5) is 8.78 Å². The monoisotopic (exact) mass is 344 g/mol. The zero-order valence-electron chi connectivity index (χ0n) is 13.0. The highest BCUT2D eigenvalue weighted by atomic mass is 19.3. The van der Waals surface area contributed by atoms with Gasteiger partial charge >= 0.3 is 12.6 Å². The number of rotatable bonds is 6. The van der Waals surface area contributed by atoms with Crippen molar-refractivity contribution in [2.75, 3.05) is 0 Å². The van der Waals surface area contributed by atoms with Crippen LogP contribution in [0.3, 0.4) is 0 Å². The van der Waals surface area contributed by atoms with Crippen LogP contribution in [0, 0.1) is 0 Å². The van der Waals surface area contributed by atoms with Crippen molar-refractivity contribution >= 4 is 5.97 Å². The maximum absolute atomic E-state index is 12.5. The Labute approximate surface area is 142 Å². The molecule has 1 aromatic heterocycles. The first-order valence-electron chi connectivity index (χ1n) is 7.43. The number of carboxylic acid groups (broad SMARTS) is 1. The molecule has 0 saturated carbocycles. The van der Waals surface area contributed by atoms with Gasteiger partial charge in [-0.05, 0) is 41.5 Å². The molecule has 0 unspecified atom stereocenters. The Morgan fingerprint density at radius 1 is 1.16 bits per heavy atom. The average Bonchev–Trinajstić information content (AvgIpc) is 3.05. The van der Waals surface area contributed by atoms with Crippen LogP contribution in [0.2, 0.25) is 0 Å². The summed E-state index contributed by atoms with van der Waals surface area (Å²) in [7, 11) is 0. The van der Waals surface area contributed by atoms with Crippen LogP contribution in [-0.2, 0) is 6.42 Å². The number of benzene rings is 2. The van der Waals surface area contributed by atoms with Crippen molar-refractivity contribution in [2.45, 2.75) is 13.0 Å². The van der Waals surface area contributed by atoms with Gasteiger partial charge < -0.3 is 9.84 Å².